The monoisotopic (exact) mass is 236 g/mol. The van der Waals surface area contributed by atoms with Crippen LogP contribution in [0.4, 0.5) is 0 Å². The Labute approximate surface area is 97.5 Å². The fraction of sp³-hybridized carbons (Fsp3) is 0.273. The second-order valence-corrected chi connectivity index (χ2v) is 4.31. The van der Waals surface area contributed by atoms with Crippen LogP contribution in [0.15, 0.2) is 17.6 Å². The maximum atomic E-state index is 11.5. The number of aromatic nitrogens is 2. The smallest absolute Gasteiger partial charge is 0.348 e. The summed E-state index contributed by atoms with van der Waals surface area (Å²) in [6.45, 7) is 1.92. The number of esters is 1. The molecule has 0 aliphatic carbocycles. The van der Waals surface area contributed by atoms with Crippen LogP contribution in [0.5, 0.6) is 0 Å². The molecule has 0 spiro atoms. The molecule has 0 saturated heterocycles. The lowest BCUT2D eigenvalue weighted by molar-refractivity contribution is 0.0605. The predicted octanol–water partition coefficient (Wildman–Crippen LogP) is 2.24. The molecule has 5 heteroatoms. The number of carbonyl (C=O) groups is 1. The minimum Gasteiger partial charge on any atom is -0.465 e. The number of rotatable bonds is 2. The quantitative estimate of drug-likeness (QED) is 0.751. The summed E-state index contributed by atoms with van der Waals surface area (Å²) in [7, 11) is 3.27. The van der Waals surface area contributed by atoms with Crippen molar-refractivity contribution in [2.75, 3.05) is 7.11 Å². The highest BCUT2D eigenvalue weighted by atomic mass is 32.1. The van der Waals surface area contributed by atoms with Crippen LogP contribution < -0.4 is 0 Å². The van der Waals surface area contributed by atoms with Crippen molar-refractivity contribution in [1.82, 2.24) is 9.78 Å². The van der Waals surface area contributed by atoms with Gasteiger partial charge < -0.3 is 4.74 Å². The van der Waals surface area contributed by atoms with Crippen molar-refractivity contribution in [3.8, 4) is 11.3 Å². The third-order valence-corrected chi connectivity index (χ3v) is 3.57. The molecule has 2 aromatic heterocycles. The van der Waals surface area contributed by atoms with Crippen molar-refractivity contribution < 1.29 is 9.53 Å². The first-order chi connectivity index (χ1) is 7.65. The molecule has 16 heavy (non-hydrogen) atoms. The first kappa shape index (κ1) is 10.9. The molecule has 0 fully saturated rings. The van der Waals surface area contributed by atoms with Gasteiger partial charge in [-0.15, -0.1) is 11.3 Å². The van der Waals surface area contributed by atoms with Crippen LogP contribution in [0.3, 0.4) is 0 Å². The van der Waals surface area contributed by atoms with Crippen LogP contribution in [0.25, 0.3) is 11.3 Å². The van der Waals surface area contributed by atoms with Gasteiger partial charge >= 0.3 is 5.97 Å². The van der Waals surface area contributed by atoms with E-state index >= 15 is 0 Å². The number of nitrogens with zero attached hydrogens (tertiary/aromatic N) is 2. The van der Waals surface area contributed by atoms with E-state index < -0.39 is 0 Å². The molecule has 0 atom stereocenters. The second kappa shape index (κ2) is 4.09. The first-order valence-electron chi connectivity index (χ1n) is 4.80. The van der Waals surface area contributed by atoms with Gasteiger partial charge in [0.25, 0.3) is 0 Å². The highest BCUT2D eigenvalue weighted by Gasteiger charge is 2.17. The van der Waals surface area contributed by atoms with Gasteiger partial charge in [0.15, 0.2) is 0 Å². The van der Waals surface area contributed by atoms with E-state index in [1.165, 1.54) is 18.4 Å². The third kappa shape index (κ3) is 1.63. The summed E-state index contributed by atoms with van der Waals surface area (Å²) in [5.74, 6) is -0.282. The predicted molar refractivity (Wildman–Crippen MR) is 62.6 cm³/mol. The molecule has 0 aliphatic rings. The van der Waals surface area contributed by atoms with Gasteiger partial charge in [0, 0.05) is 24.2 Å². The van der Waals surface area contributed by atoms with Crippen LogP contribution in [-0.4, -0.2) is 22.9 Å². The Morgan fingerprint density at radius 3 is 2.88 bits per heavy atom. The molecule has 0 amide bonds. The van der Waals surface area contributed by atoms with Gasteiger partial charge in [-0.05, 0) is 18.6 Å². The van der Waals surface area contributed by atoms with E-state index in [0.29, 0.717) is 4.88 Å². The normalized spacial score (nSPS) is 10.4. The Bertz CT molecular complexity index is 528. The lowest BCUT2D eigenvalue weighted by Gasteiger charge is -2.01. The molecule has 0 radical (unpaired) electrons. The van der Waals surface area contributed by atoms with E-state index in [1.54, 1.807) is 10.9 Å². The van der Waals surface area contributed by atoms with E-state index in [-0.39, 0.29) is 5.97 Å². The summed E-state index contributed by atoms with van der Waals surface area (Å²) in [5.41, 5.74) is 2.98. The van der Waals surface area contributed by atoms with Crippen LogP contribution in [-0.2, 0) is 11.8 Å². The van der Waals surface area contributed by atoms with Crippen molar-refractivity contribution in [2.24, 2.45) is 7.05 Å². The Kier molecular flexibility index (Phi) is 2.78. The molecule has 0 N–H and O–H groups in total. The zero-order chi connectivity index (χ0) is 11.7. The summed E-state index contributed by atoms with van der Waals surface area (Å²) in [4.78, 5) is 12.1. The van der Waals surface area contributed by atoms with Gasteiger partial charge in [0.05, 0.1) is 12.8 Å². The number of methoxy groups -OCH3 is 1. The van der Waals surface area contributed by atoms with E-state index in [0.717, 1.165) is 16.8 Å². The van der Waals surface area contributed by atoms with E-state index in [4.69, 9.17) is 4.74 Å². The molecule has 84 valence electrons. The second-order valence-electron chi connectivity index (χ2n) is 3.44. The molecule has 2 heterocycles. The van der Waals surface area contributed by atoms with Gasteiger partial charge in [-0.2, -0.15) is 5.10 Å². The molecule has 0 saturated carbocycles. The third-order valence-electron chi connectivity index (χ3n) is 2.51. The van der Waals surface area contributed by atoms with Gasteiger partial charge in [-0.1, -0.05) is 0 Å². The van der Waals surface area contributed by atoms with Gasteiger partial charge in [0.1, 0.15) is 4.88 Å². The lowest BCUT2D eigenvalue weighted by atomic mass is 10.1. The van der Waals surface area contributed by atoms with Crippen LogP contribution in [0, 0.1) is 6.92 Å². The molecular formula is C11H12N2O2S. The molecular weight excluding hydrogens is 224 g/mol. The number of carbonyl (C=O) groups excluding carboxylic acids is 1. The van der Waals surface area contributed by atoms with Gasteiger partial charge in [-0.25, -0.2) is 4.79 Å². The summed E-state index contributed by atoms with van der Waals surface area (Å²) < 4.78 is 6.51. The fourth-order valence-corrected chi connectivity index (χ4v) is 2.60. The number of thiophene rings is 1. The minimum absolute atomic E-state index is 0.282. The van der Waals surface area contributed by atoms with Crippen LogP contribution in [0.1, 0.15) is 15.2 Å². The highest BCUT2D eigenvalue weighted by Crippen LogP contribution is 2.30. The molecule has 0 unspecified atom stereocenters. The first-order valence-corrected chi connectivity index (χ1v) is 5.68. The molecule has 0 aliphatic heterocycles. The van der Waals surface area contributed by atoms with E-state index in [2.05, 4.69) is 5.10 Å². The van der Waals surface area contributed by atoms with E-state index in [9.17, 15) is 4.79 Å². The summed E-state index contributed by atoms with van der Waals surface area (Å²) in [6.07, 6.45) is 1.74. The molecule has 0 aromatic carbocycles. The van der Waals surface area contributed by atoms with Gasteiger partial charge in [0.2, 0.25) is 0 Å². The standard InChI is InChI=1S/C11H12N2O2S/c1-7-8(9-4-5-12-13(9)2)6-16-10(7)11(14)15-3/h4-6H,1-3H3. The Balaban J connectivity index is 2.49. The molecule has 4 nitrogen and oxygen atoms in total. The maximum Gasteiger partial charge on any atom is 0.348 e. The number of ether oxygens (including phenoxy) is 1. The minimum atomic E-state index is -0.282. The van der Waals surface area contributed by atoms with Crippen molar-refractivity contribution in [1.29, 1.82) is 0 Å². The van der Waals surface area contributed by atoms with E-state index in [1.807, 2.05) is 25.4 Å². The average molecular weight is 236 g/mol. The van der Waals surface area contributed by atoms with Crippen molar-refractivity contribution in [3.05, 3.63) is 28.1 Å². The Hall–Kier alpha value is -1.62. The largest absolute Gasteiger partial charge is 0.465 e. The Morgan fingerprint density at radius 1 is 1.56 bits per heavy atom. The Morgan fingerprint density at radius 2 is 2.31 bits per heavy atom. The molecule has 2 rings (SSSR count). The zero-order valence-electron chi connectivity index (χ0n) is 9.35. The molecule has 2 aromatic rings. The SMILES string of the molecule is COC(=O)c1scc(-c2ccnn2C)c1C. The topological polar surface area (TPSA) is 44.1 Å². The summed E-state index contributed by atoms with van der Waals surface area (Å²) >= 11 is 1.40. The van der Waals surface area contributed by atoms with Crippen LogP contribution >= 0.6 is 11.3 Å². The highest BCUT2D eigenvalue weighted by molar-refractivity contribution is 7.12. The summed E-state index contributed by atoms with van der Waals surface area (Å²) in [5, 5.41) is 6.07. The zero-order valence-corrected chi connectivity index (χ0v) is 10.2. The van der Waals surface area contributed by atoms with Crippen molar-refractivity contribution >= 4 is 17.3 Å². The number of hydrogen-bond donors (Lipinski definition) is 0. The fourth-order valence-electron chi connectivity index (χ4n) is 1.60. The summed E-state index contributed by atoms with van der Waals surface area (Å²) in [6, 6.07) is 1.93. The van der Waals surface area contributed by atoms with Gasteiger partial charge in [-0.3, -0.25) is 4.68 Å². The number of hydrogen-bond acceptors (Lipinski definition) is 4. The maximum absolute atomic E-state index is 11.5. The van der Waals surface area contributed by atoms with Crippen molar-refractivity contribution in [2.45, 2.75) is 6.92 Å². The molecule has 0 bridgehead atoms. The lowest BCUT2D eigenvalue weighted by Crippen LogP contribution is -2.00. The average Bonchev–Trinajstić information content (AvgIpc) is 2.84. The van der Waals surface area contributed by atoms with Crippen molar-refractivity contribution in [3.63, 3.8) is 0 Å². The van der Waals surface area contributed by atoms with Crippen LogP contribution in [0.2, 0.25) is 0 Å². The number of aryl methyl sites for hydroxylation is 1.